The molecule has 5 rings (SSSR count). The summed E-state index contributed by atoms with van der Waals surface area (Å²) in [7, 11) is 0. The monoisotopic (exact) mass is 484 g/mol. The molecule has 0 amide bonds. The first-order chi connectivity index (χ1) is 17.5. The summed E-state index contributed by atoms with van der Waals surface area (Å²) in [5, 5.41) is 0.606. The molecule has 0 N–H and O–H groups in total. The molecule has 182 valence electrons. The lowest BCUT2D eigenvalue weighted by Gasteiger charge is -2.07. The SMILES string of the molecule is CCOc1ccc2oc(C)c(C(=O)Oc3ccc4c(c3)O/C(=C\c3ccccc3OCC)C4=O)c2c1. The van der Waals surface area contributed by atoms with Crippen LogP contribution < -0.4 is 18.9 Å². The van der Waals surface area contributed by atoms with Gasteiger partial charge < -0.3 is 23.4 Å². The zero-order valence-electron chi connectivity index (χ0n) is 20.1. The van der Waals surface area contributed by atoms with Crippen LogP contribution in [0.4, 0.5) is 0 Å². The average Bonchev–Trinajstić information content (AvgIpc) is 3.35. The second-order valence-electron chi connectivity index (χ2n) is 8.08. The molecule has 0 atom stereocenters. The molecule has 1 aromatic heterocycles. The fraction of sp³-hybridized carbons (Fsp3) is 0.172. The van der Waals surface area contributed by atoms with E-state index in [-0.39, 0.29) is 17.3 Å². The number of hydrogen-bond donors (Lipinski definition) is 0. The largest absolute Gasteiger partial charge is 0.494 e. The fourth-order valence-electron chi connectivity index (χ4n) is 4.13. The molecule has 3 aromatic carbocycles. The molecule has 7 nitrogen and oxygen atoms in total. The van der Waals surface area contributed by atoms with Crippen LogP contribution in [-0.4, -0.2) is 25.0 Å². The standard InChI is InChI=1S/C29H24O7/c1-4-32-19-11-13-24-22(15-19)27(17(3)34-24)29(31)35-20-10-12-21-25(16-20)36-26(28(21)30)14-18-8-6-7-9-23(18)33-5-2/h6-16H,4-5H2,1-3H3/b26-14-. The number of ether oxygens (including phenoxy) is 4. The van der Waals surface area contributed by atoms with Crippen molar-refractivity contribution in [3.8, 4) is 23.0 Å². The van der Waals surface area contributed by atoms with Gasteiger partial charge in [0.05, 0.1) is 18.8 Å². The Bertz CT molecular complexity index is 1510. The van der Waals surface area contributed by atoms with E-state index in [0.717, 1.165) is 5.56 Å². The third-order valence-electron chi connectivity index (χ3n) is 5.71. The lowest BCUT2D eigenvalue weighted by molar-refractivity contribution is 0.0734. The second-order valence-corrected chi connectivity index (χ2v) is 8.08. The number of Topliss-reactive ketones (excluding diaryl/α,β-unsaturated/α-hetero) is 1. The minimum atomic E-state index is -0.578. The third kappa shape index (κ3) is 4.31. The molecule has 7 heteroatoms. The van der Waals surface area contributed by atoms with Crippen molar-refractivity contribution in [1.82, 2.24) is 0 Å². The maximum Gasteiger partial charge on any atom is 0.347 e. The summed E-state index contributed by atoms with van der Waals surface area (Å²) in [4.78, 5) is 26.0. The first-order valence-corrected chi connectivity index (χ1v) is 11.7. The highest BCUT2D eigenvalue weighted by Crippen LogP contribution is 2.37. The molecule has 0 saturated heterocycles. The maximum absolute atomic E-state index is 13.1. The van der Waals surface area contributed by atoms with Crippen LogP contribution in [0.3, 0.4) is 0 Å². The Morgan fingerprint density at radius 2 is 1.72 bits per heavy atom. The molecule has 4 aromatic rings. The van der Waals surface area contributed by atoms with E-state index in [1.54, 1.807) is 43.3 Å². The van der Waals surface area contributed by atoms with E-state index in [0.29, 0.717) is 58.3 Å². The van der Waals surface area contributed by atoms with E-state index in [4.69, 9.17) is 23.4 Å². The van der Waals surface area contributed by atoms with E-state index < -0.39 is 5.97 Å². The van der Waals surface area contributed by atoms with Gasteiger partial charge in [0.1, 0.15) is 39.9 Å². The van der Waals surface area contributed by atoms with Crippen LogP contribution in [0.25, 0.3) is 17.0 Å². The van der Waals surface area contributed by atoms with Crippen molar-refractivity contribution >= 4 is 28.8 Å². The van der Waals surface area contributed by atoms with E-state index in [9.17, 15) is 9.59 Å². The molecule has 0 saturated carbocycles. The molecular formula is C29H24O7. The topological polar surface area (TPSA) is 84.2 Å². The van der Waals surface area contributed by atoms with Crippen LogP contribution in [0.15, 0.2) is 70.8 Å². The van der Waals surface area contributed by atoms with Crippen molar-refractivity contribution in [1.29, 1.82) is 0 Å². The number of rotatable bonds is 7. The summed E-state index contributed by atoms with van der Waals surface area (Å²) in [5.74, 6) is 1.63. The van der Waals surface area contributed by atoms with Gasteiger partial charge in [-0.15, -0.1) is 0 Å². The average molecular weight is 485 g/mol. The number of carbonyl (C=O) groups excluding carboxylic acids is 2. The number of ketones is 1. The van der Waals surface area contributed by atoms with Crippen molar-refractivity contribution in [3.05, 3.63) is 88.9 Å². The van der Waals surface area contributed by atoms with Crippen LogP contribution in [0.1, 0.15) is 45.9 Å². The zero-order chi connectivity index (χ0) is 25.2. The van der Waals surface area contributed by atoms with Crippen molar-refractivity contribution in [2.75, 3.05) is 13.2 Å². The molecular weight excluding hydrogens is 460 g/mol. The predicted octanol–water partition coefficient (Wildman–Crippen LogP) is 6.37. The van der Waals surface area contributed by atoms with Crippen LogP contribution in [-0.2, 0) is 0 Å². The highest BCUT2D eigenvalue weighted by molar-refractivity contribution is 6.14. The third-order valence-corrected chi connectivity index (χ3v) is 5.71. The number of esters is 1. The molecule has 0 unspecified atom stereocenters. The van der Waals surface area contributed by atoms with Gasteiger partial charge in [0, 0.05) is 17.0 Å². The molecule has 0 radical (unpaired) electrons. The van der Waals surface area contributed by atoms with Gasteiger partial charge in [-0.3, -0.25) is 4.79 Å². The number of hydrogen-bond acceptors (Lipinski definition) is 7. The number of allylic oxidation sites excluding steroid dienone is 1. The molecule has 1 aliphatic heterocycles. The van der Waals surface area contributed by atoms with Crippen molar-refractivity contribution < 1.29 is 33.0 Å². The number of benzene rings is 3. The Balaban J connectivity index is 1.40. The number of aryl methyl sites for hydroxylation is 1. The highest BCUT2D eigenvalue weighted by Gasteiger charge is 2.29. The normalized spacial score (nSPS) is 13.5. The van der Waals surface area contributed by atoms with E-state index >= 15 is 0 Å². The minimum Gasteiger partial charge on any atom is -0.494 e. The number of fused-ring (bicyclic) bond motifs is 2. The Kier molecular flexibility index (Phi) is 6.21. The van der Waals surface area contributed by atoms with Gasteiger partial charge in [0.15, 0.2) is 5.76 Å². The number of carbonyl (C=O) groups is 2. The maximum atomic E-state index is 13.1. The molecule has 0 bridgehead atoms. The van der Waals surface area contributed by atoms with E-state index in [1.807, 2.05) is 38.1 Å². The van der Waals surface area contributed by atoms with Crippen LogP contribution >= 0.6 is 0 Å². The van der Waals surface area contributed by atoms with Crippen LogP contribution in [0.5, 0.6) is 23.0 Å². The van der Waals surface area contributed by atoms with Gasteiger partial charge in [0.25, 0.3) is 0 Å². The Labute approximate surface area is 207 Å². The predicted molar refractivity (Wildman–Crippen MR) is 134 cm³/mol. The van der Waals surface area contributed by atoms with Crippen molar-refractivity contribution in [2.24, 2.45) is 0 Å². The van der Waals surface area contributed by atoms with Gasteiger partial charge in [-0.05, 0) is 63.2 Å². The number of furan rings is 1. The minimum absolute atomic E-state index is 0.167. The molecule has 2 heterocycles. The summed E-state index contributed by atoms with van der Waals surface area (Å²) < 4.78 is 28.4. The summed E-state index contributed by atoms with van der Waals surface area (Å²) in [6, 6.07) is 17.4. The molecule has 0 spiro atoms. The second kappa shape index (κ2) is 9.62. The summed E-state index contributed by atoms with van der Waals surface area (Å²) in [6.07, 6.45) is 1.65. The molecule has 0 fully saturated rings. The lowest BCUT2D eigenvalue weighted by atomic mass is 10.1. The van der Waals surface area contributed by atoms with Gasteiger partial charge >= 0.3 is 5.97 Å². The first-order valence-electron chi connectivity index (χ1n) is 11.7. The van der Waals surface area contributed by atoms with Crippen molar-refractivity contribution in [2.45, 2.75) is 20.8 Å². The van der Waals surface area contributed by atoms with E-state index in [2.05, 4.69) is 0 Å². The summed E-state index contributed by atoms with van der Waals surface area (Å²) >= 11 is 0. The Morgan fingerprint density at radius 1 is 0.944 bits per heavy atom. The van der Waals surface area contributed by atoms with Crippen LogP contribution in [0, 0.1) is 6.92 Å². The molecule has 1 aliphatic rings. The number of para-hydroxylation sites is 1. The highest BCUT2D eigenvalue weighted by atomic mass is 16.5. The molecule has 0 aliphatic carbocycles. The van der Waals surface area contributed by atoms with Gasteiger partial charge in [0.2, 0.25) is 5.78 Å². The molecule has 36 heavy (non-hydrogen) atoms. The van der Waals surface area contributed by atoms with Crippen LogP contribution in [0.2, 0.25) is 0 Å². The fourth-order valence-corrected chi connectivity index (χ4v) is 4.13. The van der Waals surface area contributed by atoms with Gasteiger partial charge in [-0.1, -0.05) is 18.2 Å². The van der Waals surface area contributed by atoms with Gasteiger partial charge in [-0.25, -0.2) is 4.79 Å². The van der Waals surface area contributed by atoms with Crippen molar-refractivity contribution in [3.63, 3.8) is 0 Å². The Hall–Kier alpha value is -4.52. The van der Waals surface area contributed by atoms with E-state index in [1.165, 1.54) is 6.07 Å². The lowest BCUT2D eigenvalue weighted by Crippen LogP contribution is -2.09. The quantitative estimate of drug-likeness (QED) is 0.171. The Morgan fingerprint density at radius 3 is 2.53 bits per heavy atom. The smallest absolute Gasteiger partial charge is 0.347 e. The first kappa shape index (κ1) is 23.2. The van der Waals surface area contributed by atoms with Gasteiger partial charge in [-0.2, -0.15) is 0 Å². The zero-order valence-corrected chi connectivity index (χ0v) is 20.1. The summed E-state index contributed by atoms with van der Waals surface area (Å²) in [5.41, 5.74) is 2.00. The summed E-state index contributed by atoms with van der Waals surface area (Å²) in [6.45, 7) is 6.50.